The average molecular weight is 348 g/mol. The zero-order valence-electron chi connectivity index (χ0n) is 13.2. The Labute approximate surface area is 142 Å². The molecule has 1 saturated heterocycles. The molecule has 1 aromatic heterocycles. The molecule has 0 atom stereocenters. The summed E-state index contributed by atoms with van der Waals surface area (Å²) in [7, 11) is 0. The minimum absolute atomic E-state index is 0.0238. The maximum absolute atomic E-state index is 13.4. The van der Waals surface area contributed by atoms with Gasteiger partial charge in [0.05, 0.1) is 35.3 Å². The number of rotatable bonds is 2. The molecule has 2 heterocycles. The van der Waals surface area contributed by atoms with Crippen LogP contribution in [-0.2, 0) is 6.18 Å². The Morgan fingerprint density at radius 1 is 1.16 bits per heavy atom. The number of nitriles is 1. The van der Waals surface area contributed by atoms with Gasteiger partial charge in [0, 0.05) is 19.0 Å². The van der Waals surface area contributed by atoms with E-state index in [4.69, 9.17) is 5.26 Å². The van der Waals surface area contributed by atoms with Crippen molar-refractivity contribution in [2.45, 2.75) is 24.9 Å². The van der Waals surface area contributed by atoms with E-state index in [1.165, 1.54) is 30.6 Å². The van der Waals surface area contributed by atoms with Gasteiger partial charge < -0.3 is 10.0 Å². The van der Waals surface area contributed by atoms with Crippen LogP contribution in [-0.4, -0.2) is 28.2 Å². The highest BCUT2D eigenvalue weighted by molar-refractivity contribution is 5.61. The van der Waals surface area contributed by atoms with E-state index >= 15 is 0 Å². The Hall–Kier alpha value is -2.82. The van der Waals surface area contributed by atoms with Gasteiger partial charge in [0.1, 0.15) is 5.82 Å². The van der Waals surface area contributed by atoms with Gasteiger partial charge in [-0.3, -0.25) is 0 Å². The Morgan fingerprint density at radius 2 is 1.80 bits per heavy atom. The van der Waals surface area contributed by atoms with Crippen LogP contribution in [0.1, 0.15) is 35.7 Å². The molecule has 8 heteroatoms. The molecule has 0 unspecified atom stereocenters. The van der Waals surface area contributed by atoms with Crippen molar-refractivity contribution in [2.24, 2.45) is 0 Å². The van der Waals surface area contributed by atoms with E-state index in [0.717, 1.165) is 0 Å². The lowest BCUT2D eigenvalue weighted by atomic mass is 9.94. The van der Waals surface area contributed by atoms with E-state index < -0.39 is 11.7 Å². The van der Waals surface area contributed by atoms with Gasteiger partial charge in [0.2, 0.25) is 0 Å². The topological polar surface area (TPSA) is 73.0 Å². The molecule has 1 aliphatic heterocycles. The summed E-state index contributed by atoms with van der Waals surface area (Å²) in [6.07, 6.45) is -0.768. The van der Waals surface area contributed by atoms with Crippen LogP contribution in [0.2, 0.25) is 0 Å². The van der Waals surface area contributed by atoms with E-state index in [-0.39, 0.29) is 22.9 Å². The van der Waals surface area contributed by atoms with Gasteiger partial charge >= 0.3 is 6.18 Å². The van der Waals surface area contributed by atoms with Crippen molar-refractivity contribution < 1.29 is 18.3 Å². The first-order chi connectivity index (χ1) is 11.9. The number of benzene rings is 1. The van der Waals surface area contributed by atoms with Crippen LogP contribution in [0.25, 0.3) is 0 Å². The lowest BCUT2D eigenvalue weighted by Gasteiger charge is -2.34. The lowest BCUT2D eigenvalue weighted by molar-refractivity contribution is -0.137. The molecule has 0 amide bonds. The Kier molecular flexibility index (Phi) is 4.49. The molecular formula is C17H15F3N4O. The molecule has 0 radical (unpaired) electrons. The quantitative estimate of drug-likeness (QED) is 0.900. The Balaban J connectivity index is 1.82. The van der Waals surface area contributed by atoms with Gasteiger partial charge in [0.15, 0.2) is 5.75 Å². The highest BCUT2D eigenvalue weighted by Crippen LogP contribution is 2.40. The van der Waals surface area contributed by atoms with Gasteiger partial charge in [-0.1, -0.05) is 6.07 Å². The van der Waals surface area contributed by atoms with Crippen molar-refractivity contribution >= 4 is 5.69 Å². The fourth-order valence-electron chi connectivity index (χ4n) is 3.12. The maximum Gasteiger partial charge on any atom is 0.419 e. The van der Waals surface area contributed by atoms with Gasteiger partial charge in [-0.15, -0.1) is 0 Å². The summed E-state index contributed by atoms with van der Waals surface area (Å²) < 4.78 is 40.2. The highest BCUT2D eigenvalue weighted by Gasteiger charge is 2.38. The molecule has 0 aliphatic carbocycles. The molecule has 0 bridgehead atoms. The molecule has 25 heavy (non-hydrogen) atoms. The minimum Gasteiger partial charge on any atom is -0.505 e. The van der Waals surface area contributed by atoms with Crippen molar-refractivity contribution in [3.05, 3.63) is 47.5 Å². The minimum atomic E-state index is -4.58. The Bertz CT molecular complexity index is 791. The second kappa shape index (κ2) is 6.59. The standard InChI is InChI=1S/C17H15F3N4O/c18-17(19,20)15-12(8-21)2-1-3-14(15)24-6-4-11(5-7-24)16-22-9-13(25)10-23-16/h1-3,9-11,25H,4-7H2. The first kappa shape index (κ1) is 17.0. The summed E-state index contributed by atoms with van der Waals surface area (Å²) in [6, 6.07) is 5.69. The van der Waals surface area contributed by atoms with Gasteiger partial charge in [-0.25, -0.2) is 9.97 Å². The van der Waals surface area contributed by atoms with Gasteiger partial charge in [0.25, 0.3) is 0 Å². The van der Waals surface area contributed by atoms with Crippen LogP contribution in [0.15, 0.2) is 30.6 Å². The molecule has 1 N–H and O–H groups in total. The van der Waals surface area contributed by atoms with Gasteiger partial charge in [-0.05, 0) is 25.0 Å². The molecule has 2 aromatic rings. The molecule has 5 nitrogen and oxygen atoms in total. The van der Waals surface area contributed by atoms with Crippen LogP contribution in [0.4, 0.5) is 18.9 Å². The summed E-state index contributed by atoms with van der Waals surface area (Å²) in [4.78, 5) is 9.82. The first-order valence-corrected chi connectivity index (χ1v) is 7.76. The SMILES string of the molecule is N#Cc1cccc(N2CCC(c3ncc(O)cn3)CC2)c1C(F)(F)F. The van der Waals surface area contributed by atoms with E-state index in [1.54, 1.807) is 11.0 Å². The number of alkyl halides is 3. The maximum atomic E-state index is 13.4. The number of hydrogen-bond acceptors (Lipinski definition) is 5. The van der Waals surface area contributed by atoms with Crippen molar-refractivity contribution in [2.75, 3.05) is 18.0 Å². The second-order valence-electron chi connectivity index (χ2n) is 5.87. The summed E-state index contributed by atoms with van der Waals surface area (Å²) >= 11 is 0. The third-order valence-electron chi connectivity index (χ3n) is 4.31. The van der Waals surface area contributed by atoms with E-state index in [1.807, 2.05) is 0 Å². The fraction of sp³-hybridized carbons (Fsp3) is 0.353. The van der Waals surface area contributed by atoms with Crippen molar-refractivity contribution in [3.63, 3.8) is 0 Å². The van der Waals surface area contributed by atoms with Crippen LogP contribution >= 0.6 is 0 Å². The van der Waals surface area contributed by atoms with Crippen molar-refractivity contribution in [3.8, 4) is 11.8 Å². The summed E-state index contributed by atoms with van der Waals surface area (Å²) in [5.74, 6) is 0.592. The fourth-order valence-corrected chi connectivity index (χ4v) is 3.12. The third kappa shape index (κ3) is 3.50. The van der Waals surface area contributed by atoms with Crippen LogP contribution in [0, 0.1) is 11.3 Å². The number of aromatic nitrogens is 2. The van der Waals surface area contributed by atoms with Crippen LogP contribution in [0.3, 0.4) is 0 Å². The van der Waals surface area contributed by atoms with E-state index in [0.29, 0.717) is 31.8 Å². The molecule has 3 rings (SSSR count). The molecule has 1 aliphatic rings. The summed E-state index contributed by atoms with van der Waals surface area (Å²) in [5, 5.41) is 18.2. The highest BCUT2D eigenvalue weighted by atomic mass is 19.4. The number of anilines is 1. The van der Waals surface area contributed by atoms with Gasteiger partial charge in [-0.2, -0.15) is 18.4 Å². The smallest absolute Gasteiger partial charge is 0.419 e. The van der Waals surface area contributed by atoms with Crippen molar-refractivity contribution in [1.29, 1.82) is 5.26 Å². The Morgan fingerprint density at radius 3 is 2.36 bits per heavy atom. The second-order valence-corrected chi connectivity index (χ2v) is 5.87. The lowest BCUT2D eigenvalue weighted by Crippen LogP contribution is -2.35. The molecular weight excluding hydrogens is 333 g/mol. The average Bonchev–Trinajstić information content (AvgIpc) is 2.61. The molecule has 0 spiro atoms. The zero-order chi connectivity index (χ0) is 18.0. The predicted octanol–water partition coefficient (Wildman–Crippen LogP) is 3.46. The van der Waals surface area contributed by atoms with E-state index in [9.17, 15) is 18.3 Å². The number of piperidine rings is 1. The number of halogens is 3. The predicted molar refractivity (Wildman–Crippen MR) is 84.0 cm³/mol. The van der Waals surface area contributed by atoms with Crippen LogP contribution < -0.4 is 4.90 Å². The summed E-state index contributed by atoms with van der Waals surface area (Å²) in [6.45, 7) is 0.819. The molecule has 0 saturated carbocycles. The zero-order valence-corrected chi connectivity index (χ0v) is 13.2. The number of nitrogens with zero attached hydrogens (tertiary/aromatic N) is 4. The normalized spacial score (nSPS) is 15.8. The monoisotopic (exact) mass is 348 g/mol. The largest absolute Gasteiger partial charge is 0.505 e. The number of aromatic hydroxyl groups is 1. The van der Waals surface area contributed by atoms with E-state index in [2.05, 4.69) is 9.97 Å². The summed E-state index contributed by atoms with van der Waals surface area (Å²) in [5.41, 5.74) is -1.21. The van der Waals surface area contributed by atoms with Crippen molar-refractivity contribution in [1.82, 2.24) is 9.97 Å². The van der Waals surface area contributed by atoms with Crippen LogP contribution in [0.5, 0.6) is 5.75 Å². The number of hydrogen-bond donors (Lipinski definition) is 1. The third-order valence-corrected chi connectivity index (χ3v) is 4.31. The first-order valence-electron chi connectivity index (χ1n) is 7.76. The molecule has 1 fully saturated rings. The molecule has 130 valence electrons. The molecule has 1 aromatic carbocycles.